The SMILES string of the molecule is Fc1cc(C(F)(F)F)cc(F)c1Oc1cc(Br)cc(Br)c1. The maximum Gasteiger partial charge on any atom is 0.416 e. The molecule has 8 heteroatoms. The molecule has 2 rings (SSSR count). The number of benzene rings is 2. The minimum atomic E-state index is -4.83. The molecule has 0 aliphatic heterocycles. The van der Waals surface area contributed by atoms with E-state index < -0.39 is 29.1 Å². The average molecular weight is 432 g/mol. The van der Waals surface area contributed by atoms with E-state index in [-0.39, 0.29) is 17.9 Å². The van der Waals surface area contributed by atoms with E-state index in [0.29, 0.717) is 8.95 Å². The van der Waals surface area contributed by atoms with E-state index in [0.717, 1.165) is 0 Å². The fourth-order valence-corrected chi connectivity index (χ4v) is 2.78. The monoisotopic (exact) mass is 430 g/mol. The Morgan fingerprint density at radius 3 is 1.71 bits per heavy atom. The number of halogens is 7. The van der Waals surface area contributed by atoms with Crippen molar-refractivity contribution in [1.82, 2.24) is 0 Å². The quantitative estimate of drug-likeness (QED) is 0.507. The van der Waals surface area contributed by atoms with E-state index in [4.69, 9.17) is 4.74 Å². The molecular weight excluding hydrogens is 427 g/mol. The van der Waals surface area contributed by atoms with Crippen LogP contribution in [0.1, 0.15) is 5.56 Å². The summed E-state index contributed by atoms with van der Waals surface area (Å²) in [4.78, 5) is 0. The molecule has 0 fully saturated rings. The van der Waals surface area contributed by atoms with Crippen LogP contribution in [0.3, 0.4) is 0 Å². The van der Waals surface area contributed by atoms with Gasteiger partial charge in [0.2, 0.25) is 0 Å². The lowest BCUT2D eigenvalue weighted by atomic mass is 10.2. The first kappa shape index (κ1) is 16.2. The summed E-state index contributed by atoms with van der Waals surface area (Å²) in [6, 6.07) is 4.87. The zero-order valence-corrected chi connectivity index (χ0v) is 13.1. The summed E-state index contributed by atoms with van der Waals surface area (Å²) in [7, 11) is 0. The standard InChI is InChI=1S/C13H5Br2F5O/c14-7-3-8(15)5-9(4-7)21-12-10(16)1-6(2-11(12)17)13(18,19)20/h1-5H. The highest BCUT2D eigenvalue weighted by Gasteiger charge is 2.33. The second-order valence-electron chi connectivity index (χ2n) is 3.97. The summed E-state index contributed by atoms with van der Waals surface area (Å²) in [6.45, 7) is 0. The predicted molar refractivity (Wildman–Crippen MR) is 73.3 cm³/mol. The van der Waals surface area contributed by atoms with Crippen molar-refractivity contribution in [2.24, 2.45) is 0 Å². The summed E-state index contributed by atoms with van der Waals surface area (Å²) >= 11 is 6.31. The Labute approximate surface area is 133 Å². The predicted octanol–water partition coefficient (Wildman–Crippen LogP) is 6.30. The van der Waals surface area contributed by atoms with E-state index in [9.17, 15) is 22.0 Å². The second kappa shape index (κ2) is 5.92. The highest BCUT2D eigenvalue weighted by atomic mass is 79.9. The fraction of sp³-hybridized carbons (Fsp3) is 0.0769. The fourth-order valence-electron chi connectivity index (χ4n) is 1.53. The lowest BCUT2D eigenvalue weighted by Gasteiger charge is -2.12. The van der Waals surface area contributed by atoms with Gasteiger partial charge in [0, 0.05) is 8.95 Å². The van der Waals surface area contributed by atoms with Gasteiger partial charge in [-0.3, -0.25) is 0 Å². The van der Waals surface area contributed by atoms with Gasteiger partial charge in [0.25, 0.3) is 0 Å². The Kier molecular flexibility index (Phi) is 4.57. The van der Waals surface area contributed by atoms with Crippen LogP contribution in [0.4, 0.5) is 22.0 Å². The van der Waals surface area contributed by atoms with Gasteiger partial charge in [-0.15, -0.1) is 0 Å². The summed E-state index contributed by atoms with van der Waals surface area (Å²) < 4.78 is 70.7. The Balaban J connectivity index is 2.41. The molecule has 2 aromatic rings. The summed E-state index contributed by atoms with van der Waals surface area (Å²) in [6.07, 6.45) is -4.83. The molecule has 0 amide bonds. The first-order valence-electron chi connectivity index (χ1n) is 5.37. The van der Waals surface area contributed by atoms with Gasteiger partial charge in [0.05, 0.1) is 5.56 Å². The van der Waals surface area contributed by atoms with Gasteiger partial charge in [-0.05, 0) is 30.3 Å². The highest BCUT2D eigenvalue weighted by molar-refractivity contribution is 9.11. The molecule has 0 aliphatic rings. The largest absolute Gasteiger partial charge is 0.451 e. The molecule has 21 heavy (non-hydrogen) atoms. The lowest BCUT2D eigenvalue weighted by molar-refractivity contribution is -0.138. The molecule has 2 aromatic carbocycles. The first-order chi connectivity index (χ1) is 9.66. The third-order valence-electron chi connectivity index (χ3n) is 2.38. The van der Waals surface area contributed by atoms with Crippen LogP contribution in [-0.4, -0.2) is 0 Å². The molecule has 0 spiro atoms. The average Bonchev–Trinajstić information content (AvgIpc) is 2.31. The van der Waals surface area contributed by atoms with Crippen molar-refractivity contribution >= 4 is 31.9 Å². The van der Waals surface area contributed by atoms with Crippen LogP contribution in [0.2, 0.25) is 0 Å². The minimum Gasteiger partial charge on any atom is -0.451 e. The molecule has 1 nitrogen and oxygen atoms in total. The van der Waals surface area contributed by atoms with Gasteiger partial charge in [0.15, 0.2) is 17.4 Å². The highest BCUT2D eigenvalue weighted by Crippen LogP contribution is 2.36. The van der Waals surface area contributed by atoms with Crippen molar-refractivity contribution < 1.29 is 26.7 Å². The van der Waals surface area contributed by atoms with Crippen molar-refractivity contribution in [2.45, 2.75) is 6.18 Å². The molecule has 0 aliphatic carbocycles. The maximum absolute atomic E-state index is 13.6. The summed E-state index contributed by atoms with van der Waals surface area (Å²) in [5.41, 5.74) is -1.42. The van der Waals surface area contributed by atoms with Crippen LogP contribution in [0.25, 0.3) is 0 Å². The van der Waals surface area contributed by atoms with Crippen LogP contribution < -0.4 is 4.74 Å². The van der Waals surface area contributed by atoms with E-state index in [1.54, 1.807) is 6.07 Å². The third-order valence-corrected chi connectivity index (χ3v) is 3.30. The van der Waals surface area contributed by atoms with Gasteiger partial charge < -0.3 is 4.74 Å². The van der Waals surface area contributed by atoms with Crippen LogP contribution >= 0.6 is 31.9 Å². The Morgan fingerprint density at radius 2 is 1.29 bits per heavy atom. The molecule has 0 saturated heterocycles. The van der Waals surface area contributed by atoms with Gasteiger partial charge in [0.1, 0.15) is 5.75 Å². The number of hydrogen-bond donors (Lipinski definition) is 0. The molecule has 112 valence electrons. The van der Waals surface area contributed by atoms with Gasteiger partial charge in [-0.1, -0.05) is 31.9 Å². The lowest BCUT2D eigenvalue weighted by Crippen LogP contribution is -2.07. The van der Waals surface area contributed by atoms with E-state index in [1.807, 2.05) is 0 Å². The number of ether oxygens (including phenoxy) is 1. The molecule has 0 saturated carbocycles. The Bertz CT molecular complexity index is 641. The second-order valence-corrected chi connectivity index (χ2v) is 5.81. The van der Waals surface area contributed by atoms with Crippen molar-refractivity contribution in [2.75, 3.05) is 0 Å². The van der Waals surface area contributed by atoms with Crippen molar-refractivity contribution in [3.8, 4) is 11.5 Å². The topological polar surface area (TPSA) is 9.23 Å². The zero-order valence-electron chi connectivity index (χ0n) is 9.94. The molecule has 0 heterocycles. The minimum absolute atomic E-state index is 0.0637. The van der Waals surface area contributed by atoms with Gasteiger partial charge in [-0.25, -0.2) is 8.78 Å². The molecule has 0 unspecified atom stereocenters. The smallest absolute Gasteiger partial charge is 0.416 e. The maximum atomic E-state index is 13.6. The molecule has 0 aromatic heterocycles. The van der Waals surface area contributed by atoms with Crippen LogP contribution in [0, 0.1) is 11.6 Å². The third kappa shape index (κ3) is 3.94. The van der Waals surface area contributed by atoms with Crippen LogP contribution in [0.15, 0.2) is 39.3 Å². The van der Waals surface area contributed by atoms with E-state index in [1.165, 1.54) is 12.1 Å². The first-order valence-corrected chi connectivity index (χ1v) is 6.95. The van der Waals surface area contributed by atoms with E-state index in [2.05, 4.69) is 31.9 Å². The Morgan fingerprint density at radius 1 is 0.810 bits per heavy atom. The molecule has 0 radical (unpaired) electrons. The molecular formula is C13H5Br2F5O. The number of hydrogen-bond acceptors (Lipinski definition) is 1. The summed E-state index contributed by atoms with van der Waals surface area (Å²) in [5, 5.41) is 0. The van der Waals surface area contributed by atoms with E-state index >= 15 is 0 Å². The van der Waals surface area contributed by atoms with Crippen molar-refractivity contribution in [1.29, 1.82) is 0 Å². The van der Waals surface area contributed by atoms with Gasteiger partial charge >= 0.3 is 6.18 Å². The number of rotatable bonds is 2. The molecule has 0 bridgehead atoms. The van der Waals surface area contributed by atoms with Gasteiger partial charge in [-0.2, -0.15) is 13.2 Å². The van der Waals surface area contributed by atoms with Crippen LogP contribution in [-0.2, 0) is 6.18 Å². The zero-order chi connectivity index (χ0) is 15.8. The normalized spacial score (nSPS) is 11.6. The van der Waals surface area contributed by atoms with Crippen molar-refractivity contribution in [3.05, 3.63) is 56.5 Å². The Hall–Kier alpha value is -1.15. The number of alkyl halides is 3. The van der Waals surface area contributed by atoms with Crippen molar-refractivity contribution in [3.63, 3.8) is 0 Å². The molecule has 0 N–H and O–H groups in total. The summed E-state index contributed by atoms with van der Waals surface area (Å²) in [5.74, 6) is -3.70. The van der Waals surface area contributed by atoms with Crippen LogP contribution in [0.5, 0.6) is 11.5 Å². The molecule has 0 atom stereocenters.